The molecule has 1 N–H and O–H groups in total. The number of pyridine rings is 1. The Labute approximate surface area is 134 Å². The Morgan fingerprint density at radius 2 is 2.14 bits per heavy atom. The summed E-state index contributed by atoms with van der Waals surface area (Å²) in [5.41, 5.74) is 2.55. The van der Waals surface area contributed by atoms with Crippen LogP contribution in [0.1, 0.15) is 16.8 Å². The Hall–Kier alpha value is -1.77. The number of benzene rings is 1. The minimum absolute atomic E-state index is 0.0932. The molecular formula is C14H13FIN3O2. The molecule has 0 radical (unpaired) electrons. The number of rotatable bonds is 4. The van der Waals surface area contributed by atoms with Crippen LogP contribution in [0.25, 0.3) is 0 Å². The highest BCUT2D eigenvalue weighted by Crippen LogP contribution is 2.25. The maximum Gasteiger partial charge on any atom is 0.278 e. The molecule has 1 aromatic heterocycles. The summed E-state index contributed by atoms with van der Waals surface area (Å²) >= 11 is 2.03. The smallest absolute Gasteiger partial charge is 0.278 e. The van der Waals surface area contributed by atoms with Crippen LogP contribution in [0.4, 0.5) is 15.8 Å². The third kappa shape index (κ3) is 3.46. The van der Waals surface area contributed by atoms with Crippen molar-refractivity contribution in [3.63, 3.8) is 0 Å². The summed E-state index contributed by atoms with van der Waals surface area (Å²) in [5, 5.41) is 14.2. The number of nitro groups is 1. The van der Waals surface area contributed by atoms with E-state index in [1.54, 1.807) is 19.9 Å². The SMILES string of the molecule is Cc1cnc(CNc2ccc(F)cc2I)c(C)c1[N+](=O)[O-]. The molecule has 0 spiro atoms. The fraction of sp³-hybridized carbons (Fsp3) is 0.214. The second kappa shape index (κ2) is 6.33. The molecule has 2 aromatic rings. The lowest BCUT2D eigenvalue weighted by molar-refractivity contribution is -0.386. The Kier molecular flexibility index (Phi) is 4.71. The third-order valence-electron chi connectivity index (χ3n) is 3.14. The highest BCUT2D eigenvalue weighted by molar-refractivity contribution is 14.1. The molecule has 5 nitrogen and oxygen atoms in total. The van der Waals surface area contributed by atoms with Crippen molar-refractivity contribution < 1.29 is 9.31 Å². The topological polar surface area (TPSA) is 68.1 Å². The van der Waals surface area contributed by atoms with E-state index in [1.165, 1.54) is 18.3 Å². The first kappa shape index (κ1) is 15.6. The molecule has 0 atom stereocenters. The van der Waals surface area contributed by atoms with Crippen LogP contribution >= 0.6 is 22.6 Å². The van der Waals surface area contributed by atoms with Crippen molar-refractivity contribution in [2.24, 2.45) is 0 Å². The van der Waals surface area contributed by atoms with Crippen molar-refractivity contribution >= 4 is 34.0 Å². The van der Waals surface area contributed by atoms with Gasteiger partial charge >= 0.3 is 0 Å². The van der Waals surface area contributed by atoms with Gasteiger partial charge in [-0.25, -0.2) is 4.39 Å². The quantitative estimate of drug-likeness (QED) is 0.479. The Balaban J connectivity index is 2.24. The molecule has 0 unspecified atom stereocenters. The van der Waals surface area contributed by atoms with Gasteiger partial charge in [0.2, 0.25) is 0 Å². The van der Waals surface area contributed by atoms with Crippen LogP contribution in [0.5, 0.6) is 0 Å². The largest absolute Gasteiger partial charge is 0.379 e. The van der Waals surface area contributed by atoms with Gasteiger partial charge in [-0.05, 0) is 54.6 Å². The van der Waals surface area contributed by atoms with Crippen LogP contribution in [0.2, 0.25) is 0 Å². The number of anilines is 1. The molecule has 0 aliphatic rings. The van der Waals surface area contributed by atoms with E-state index in [9.17, 15) is 14.5 Å². The van der Waals surface area contributed by atoms with Gasteiger partial charge in [-0.15, -0.1) is 0 Å². The lowest BCUT2D eigenvalue weighted by Crippen LogP contribution is -2.08. The molecular weight excluding hydrogens is 388 g/mol. The van der Waals surface area contributed by atoms with Crippen molar-refractivity contribution in [2.75, 3.05) is 5.32 Å². The van der Waals surface area contributed by atoms with Gasteiger partial charge in [-0.3, -0.25) is 15.1 Å². The molecule has 0 bridgehead atoms. The predicted octanol–water partition coefficient (Wildman–Crippen LogP) is 3.96. The zero-order valence-corrected chi connectivity index (χ0v) is 13.6. The number of halogens is 2. The van der Waals surface area contributed by atoms with E-state index in [0.717, 1.165) is 9.26 Å². The summed E-state index contributed by atoms with van der Waals surface area (Å²) in [7, 11) is 0. The average molecular weight is 401 g/mol. The summed E-state index contributed by atoms with van der Waals surface area (Å²) in [6.45, 7) is 3.69. The molecule has 21 heavy (non-hydrogen) atoms. The van der Waals surface area contributed by atoms with Crippen molar-refractivity contribution in [1.29, 1.82) is 0 Å². The van der Waals surface area contributed by atoms with Crippen molar-refractivity contribution in [1.82, 2.24) is 4.98 Å². The molecule has 0 fully saturated rings. The average Bonchev–Trinajstić information content (AvgIpc) is 2.39. The van der Waals surface area contributed by atoms with Gasteiger partial charge in [0.25, 0.3) is 5.69 Å². The Morgan fingerprint density at radius 1 is 1.43 bits per heavy atom. The zero-order valence-electron chi connectivity index (χ0n) is 11.5. The minimum Gasteiger partial charge on any atom is -0.379 e. The van der Waals surface area contributed by atoms with Crippen LogP contribution in [0, 0.1) is 33.3 Å². The third-order valence-corrected chi connectivity index (χ3v) is 4.03. The molecule has 0 aliphatic heterocycles. The summed E-state index contributed by atoms with van der Waals surface area (Å²) in [5.74, 6) is -0.301. The Morgan fingerprint density at radius 3 is 2.76 bits per heavy atom. The molecule has 0 saturated heterocycles. The van der Waals surface area contributed by atoms with Crippen LogP contribution in [-0.2, 0) is 6.54 Å². The molecule has 1 aromatic carbocycles. The van der Waals surface area contributed by atoms with Gasteiger partial charge in [-0.2, -0.15) is 0 Å². The van der Waals surface area contributed by atoms with Crippen LogP contribution in [0.15, 0.2) is 24.4 Å². The standard InChI is InChI=1S/C14H13FIN3O2/c1-8-6-17-13(9(2)14(8)19(20)21)7-18-12-4-3-10(15)5-11(12)16/h3-6,18H,7H2,1-2H3. The molecule has 0 amide bonds. The molecule has 7 heteroatoms. The van der Waals surface area contributed by atoms with E-state index in [-0.39, 0.29) is 11.5 Å². The van der Waals surface area contributed by atoms with Gasteiger partial charge in [-0.1, -0.05) is 0 Å². The first-order chi connectivity index (χ1) is 9.90. The monoisotopic (exact) mass is 401 g/mol. The lowest BCUT2D eigenvalue weighted by atomic mass is 10.1. The number of aryl methyl sites for hydroxylation is 1. The first-order valence-corrected chi connectivity index (χ1v) is 7.26. The normalized spacial score (nSPS) is 10.5. The number of hydrogen-bond acceptors (Lipinski definition) is 4. The van der Waals surface area contributed by atoms with Crippen LogP contribution in [-0.4, -0.2) is 9.91 Å². The van der Waals surface area contributed by atoms with E-state index < -0.39 is 4.92 Å². The van der Waals surface area contributed by atoms with Gasteiger partial charge in [0.05, 0.1) is 22.7 Å². The maximum atomic E-state index is 13.0. The van der Waals surface area contributed by atoms with Crippen molar-refractivity contribution in [3.05, 3.63) is 60.7 Å². The van der Waals surface area contributed by atoms with E-state index >= 15 is 0 Å². The summed E-state index contributed by atoms with van der Waals surface area (Å²) in [6, 6.07) is 4.41. The second-order valence-electron chi connectivity index (χ2n) is 4.60. The van der Waals surface area contributed by atoms with Crippen molar-refractivity contribution in [2.45, 2.75) is 20.4 Å². The molecule has 110 valence electrons. The maximum absolute atomic E-state index is 13.0. The van der Waals surface area contributed by atoms with E-state index in [1.807, 2.05) is 22.6 Å². The minimum atomic E-state index is -0.391. The van der Waals surface area contributed by atoms with Gasteiger partial charge in [0.15, 0.2) is 0 Å². The fourth-order valence-electron chi connectivity index (χ4n) is 2.04. The molecule has 0 saturated carbocycles. The predicted molar refractivity (Wildman–Crippen MR) is 86.8 cm³/mol. The fourth-order valence-corrected chi connectivity index (χ4v) is 2.70. The van der Waals surface area contributed by atoms with E-state index in [4.69, 9.17) is 0 Å². The number of aromatic nitrogens is 1. The lowest BCUT2D eigenvalue weighted by Gasteiger charge is -2.11. The number of nitrogens with zero attached hydrogens (tertiary/aromatic N) is 2. The summed E-state index contributed by atoms with van der Waals surface area (Å²) in [6.07, 6.45) is 1.50. The summed E-state index contributed by atoms with van der Waals surface area (Å²) < 4.78 is 13.8. The summed E-state index contributed by atoms with van der Waals surface area (Å²) in [4.78, 5) is 14.9. The first-order valence-electron chi connectivity index (χ1n) is 6.18. The Bertz CT molecular complexity index is 707. The number of nitrogens with one attached hydrogen (secondary N) is 1. The van der Waals surface area contributed by atoms with Gasteiger partial charge in [0.1, 0.15) is 5.82 Å². The zero-order chi connectivity index (χ0) is 15.6. The van der Waals surface area contributed by atoms with Gasteiger partial charge in [0, 0.05) is 21.0 Å². The highest BCUT2D eigenvalue weighted by atomic mass is 127. The van der Waals surface area contributed by atoms with E-state index in [0.29, 0.717) is 23.4 Å². The molecule has 0 aliphatic carbocycles. The van der Waals surface area contributed by atoms with Crippen LogP contribution in [0.3, 0.4) is 0 Å². The van der Waals surface area contributed by atoms with Crippen molar-refractivity contribution in [3.8, 4) is 0 Å². The molecule has 1 heterocycles. The number of hydrogen-bond donors (Lipinski definition) is 1. The molecule has 2 rings (SSSR count). The van der Waals surface area contributed by atoms with Crippen LogP contribution < -0.4 is 5.32 Å². The highest BCUT2D eigenvalue weighted by Gasteiger charge is 2.18. The second-order valence-corrected chi connectivity index (χ2v) is 5.76. The van der Waals surface area contributed by atoms with Gasteiger partial charge < -0.3 is 5.32 Å². The van der Waals surface area contributed by atoms with E-state index in [2.05, 4.69) is 10.3 Å².